The lowest BCUT2D eigenvalue weighted by molar-refractivity contribution is 0.0154. The number of imidazole rings is 1. The van der Waals surface area contributed by atoms with Crippen LogP contribution in [-0.4, -0.2) is 33.2 Å². The highest BCUT2D eigenvalue weighted by molar-refractivity contribution is 5.41. The number of aromatic nitrogens is 3. The van der Waals surface area contributed by atoms with Gasteiger partial charge in [0.1, 0.15) is 0 Å². The summed E-state index contributed by atoms with van der Waals surface area (Å²) in [5.74, 6) is 1.39. The first-order valence-electron chi connectivity index (χ1n) is 7.17. The van der Waals surface area contributed by atoms with E-state index in [9.17, 15) is 0 Å². The van der Waals surface area contributed by atoms with Crippen LogP contribution in [0, 0.1) is 6.92 Å². The molecule has 2 aromatic heterocycles. The molecule has 20 heavy (non-hydrogen) atoms. The first kappa shape index (κ1) is 12.1. The average molecular weight is 273 g/mol. The molecule has 3 fully saturated rings. The Morgan fingerprint density at radius 3 is 2.80 bits per heavy atom. The van der Waals surface area contributed by atoms with Crippen LogP contribution in [0.25, 0.3) is 5.78 Å². The predicted octanol–water partition coefficient (Wildman–Crippen LogP) is 2.26. The van der Waals surface area contributed by atoms with Crippen LogP contribution in [0.4, 0.5) is 0 Å². The van der Waals surface area contributed by atoms with Crippen LogP contribution in [0.3, 0.4) is 0 Å². The maximum absolute atomic E-state index is 5.86. The number of hydrogen-bond donors (Lipinski definition) is 0. The SMILES string of the molecule is CCOc1nc2nc(C34COC(C)(C3)C4)cn2cc1C. The van der Waals surface area contributed by atoms with Gasteiger partial charge in [-0.2, -0.15) is 4.98 Å². The second-order valence-corrected chi connectivity index (χ2v) is 6.37. The lowest BCUT2D eigenvalue weighted by Gasteiger charge is -2.41. The molecule has 1 saturated carbocycles. The zero-order valence-corrected chi connectivity index (χ0v) is 12.1. The molecule has 106 valence electrons. The van der Waals surface area contributed by atoms with Crippen molar-refractivity contribution in [2.24, 2.45) is 0 Å². The van der Waals surface area contributed by atoms with Crippen molar-refractivity contribution in [3.05, 3.63) is 23.7 Å². The summed E-state index contributed by atoms with van der Waals surface area (Å²) in [5.41, 5.74) is 2.33. The zero-order valence-electron chi connectivity index (χ0n) is 12.1. The van der Waals surface area contributed by atoms with Gasteiger partial charge in [-0.3, -0.25) is 4.40 Å². The van der Waals surface area contributed by atoms with Crippen molar-refractivity contribution in [3.8, 4) is 5.88 Å². The molecule has 0 aromatic carbocycles. The Morgan fingerprint density at radius 1 is 1.35 bits per heavy atom. The molecule has 3 aliphatic rings. The largest absolute Gasteiger partial charge is 0.478 e. The van der Waals surface area contributed by atoms with Gasteiger partial charge in [0.15, 0.2) is 0 Å². The number of ether oxygens (including phenoxy) is 2. The second kappa shape index (κ2) is 3.73. The van der Waals surface area contributed by atoms with Crippen molar-refractivity contribution in [3.63, 3.8) is 0 Å². The van der Waals surface area contributed by atoms with Crippen molar-refractivity contribution < 1.29 is 9.47 Å². The minimum Gasteiger partial charge on any atom is -0.478 e. The Hall–Kier alpha value is -1.62. The van der Waals surface area contributed by atoms with E-state index in [1.807, 2.05) is 24.4 Å². The standard InChI is InChI=1S/C15H19N3O2/c1-4-19-12-10(2)5-18-6-11(16-13(18)17-12)15-7-14(3,8-15)20-9-15/h5-6H,4,7-9H2,1-3H3. The third-order valence-electron chi connectivity index (χ3n) is 4.53. The van der Waals surface area contributed by atoms with E-state index >= 15 is 0 Å². The van der Waals surface area contributed by atoms with E-state index < -0.39 is 0 Å². The smallest absolute Gasteiger partial charge is 0.237 e. The van der Waals surface area contributed by atoms with Gasteiger partial charge in [-0.15, -0.1) is 0 Å². The van der Waals surface area contributed by atoms with Crippen molar-refractivity contribution in [1.29, 1.82) is 0 Å². The Bertz CT molecular complexity index is 686. The molecule has 0 radical (unpaired) electrons. The molecule has 5 rings (SSSR count). The van der Waals surface area contributed by atoms with E-state index in [1.54, 1.807) is 0 Å². The fourth-order valence-corrected chi connectivity index (χ4v) is 3.69. The predicted molar refractivity (Wildman–Crippen MR) is 74.2 cm³/mol. The molecule has 1 aliphatic carbocycles. The summed E-state index contributed by atoms with van der Waals surface area (Å²) >= 11 is 0. The van der Waals surface area contributed by atoms with Gasteiger partial charge in [-0.25, -0.2) is 4.98 Å². The summed E-state index contributed by atoms with van der Waals surface area (Å²) in [4.78, 5) is 9.22. The van der Waals surface area contributed by atoms with Crippen LogP contribution < -0.4 is 4.74 Å². The molecule has 2 saturated heterocycles. The summed E-state index contributed by atoms with van der Waals surface area (Å²) in [6.07, 6.45) is 6.27. The summed E-state index contributed by atoms with van der Waals surface area (Å²) < 4.78 is 13.4. The molecule has 2 bridgehead atoms. The van der Waals surface area contributed by atoms with Crippen LogP contribution in [-0.2, 0) is 10.2 Å². The number of hydrogen-bond acceptors (Lipinski definition) is 4. The highest BCUT2D eigenvalue weighted by atomic mass is 16.5. The number of rotatable bonds is 3. The highest BCUT2D eigenvalue weighted by Crippen LogP contribution is 2.58. The molecule has 4 heterocycles. The van der Waals surface area contributed by atoms with Gasteiger partial charge < -0.3 is 9.47 Å². The van der Waals surface area contributed by atoms with Crippen molar-refractivity contribution in [2.45, 2.75) is 44.6 Å². The molecule has 5 nitrogen and oxygen atoms in total. The van der Waals surface area contributed by atoms with E-state index in [1.165, 1.54) is 0 Å². The lowest BCUT2D eigenvalue weighted by atomic mass is 9.62. The normalized spacial score (nSPS) is 31.6. The van der Waals surface area contributed by atoms with E-state index in [2.05, 4.69) is 18.1 Å². The topological polar surface area (TPSA) is 48.7 Å². The molecular formula is C15H19N3O2. The molecule has 0 N–H and O–H groups in total. The summed E-state index contributed by atoms with van der Waals surface area (Å²) in [5, 5.41) is 0. The van der Waals surface area contributed by atoms with Gasteiger partial charge >= 0.3 is 0 Å². The van der Waals surface area contributed by atoms with E-state index in [0.29, 0.717) is 18.3 Å². The highest BCUT2D eigenvalue weighted by Gasteiger charge is 2.61. The zero-order chi connectivity index (χ0) is 14.0. The average Bonchev–Trinajstić information content (AvgIpc) is 3.00. The maximum atomic E-state index is 5.86. The molecule has 5 heteroatoms. The Balaban J connectivity index is 1.76. The van der Waals surface area contributed by atoms with Gasteiger partial charge in [0.25, 0.3) is 0 Å². The van der Waals surface area contributed by atoms with Crippen molar-refractivity contribution >= 4 is 5.78 Å². The monoisotopic (exact) mass is 273 g/mol. The molecular weight excluding hydrogens is 254 g/mol. The fourth-order valence-electron chi connectivity index (χ4n) is 3.69. The number of nitrogens with zero attached hydrogens (tertiary/aromatic N) is 3. The third-order valence-corrected chi connectivity index (χ3v) is 4.53. The van der Waals surface area contributed by atoms with E-state index in [4.69, 9.17) is 14.5 Å². The van der Waals surface area contributed by atoms with Gasteiger partial charge in [0.2, 0.25) is 11.7 Å². The van der Waals surface area contributed by atoms with Crippen LogP contribution in [0.15, 0.2) is 12.4 Å². The van der Waals surface area contributed by atoms with Crippen molar-refractivity contribution in [1.82, 2.24) is 14.4 Å². The van der Waals surface area contributed by atoms with Gasteiger partial charge in [0, 0.05) is 23.4 Å². The van der Waals surface area contributed by atoms with Crippen LogP contribution in [0.5, 0.6) is 5.88 Å². The Kier molecular flexibility index (Phi) is 2.26. The fraction of sp³-hybridized carbons (Fsp3) is 0.600. The first-order valence-corrected chi connectivity index (χ1v) is 7.17. The Labute approximate surface area is 117 Å². The second-order valence-electron chi connectivity index (χ2n) is 6.37. The molecule has 0 amide bonds. The third kappa shape index (κ3) is 1.53. The van der Waals surface area contributed by atoms with Gasteiger partial charge in [0.05, 0.1) is 24.5 Å². The minimum atomic E-state index is 0.0790. The molecule has 0 unspecified atom stereocenters. The van der Waals surface area contributed by atoms with E-state index in [0.717, 1.165) is 30.7 Å². The van der Waals surface area contributed by atoms with Gasteiger partial charge in [-0.05, 0) is 33.6 Å². The first-order chi connectivity index (χ1) is 9.54. The molecule has 0 spiro atoms. The van der Waals surface area contributed by atoms with Crippen LogP contribution in [0.2, 0.25) is 0 Å². The van der Waals surface area contributed by atoms with Crippen LogP contribution in [0.1, 0.15) is 37.9 Å². The lowest BCUT2D eigenvalue weighted by Crippen LogP contribution is -2.45. The quantitative estimate of drug-likeness (QED) is 0.860. The van der Waals surface area contributed by atoms with E-state index in [-0.39, 0.29) is 11.0 Å². The minimum absolute atomic E-state index is 0.0790. The number of fused-ring (bicyclic) bond motifs is 2. The summed E-state index contributed by atoms with van der Waals surface area (Å²) in [7, 11) is 0. The number of aryl methyl sites for hydroxylation is 1. The van der Waals surface area contributed by atoms with Crippen molar-refractivity contribution in [2.75, 3.05) is 13.2 Å². The summed E-state index contributed by atoms with van der Waals surface area (Å²) in [6.45, 7) is 7.56. The molecule has 2 aromatic rings. The van der Waals surface area contributed by atoms with Crippen LogP contribution >= 0.6 is 0 Å². The molecule has 0 atom stereocenters. The Morgan fingerprint density at radius 2 is 2.15 bits per heavy atom. The van der Waals surface area contributed by atoms with Gasteiger partial charge in [-0.1, -0.05) is 0 Å². The summed E-state index contributed by atoms with van der Waals surface area (Å²) in [6, 6.07) is 0. The molecule has 2 aliphatic heterocycles. The maximum Gasteiger partial charge on any atom is 0.237 e.